The number of nitrogens with one attached hydrogen (secondary N) is 1. The van der Waals surface area contributed by atoms with E-state index in [1.807, 2.05) is 6.07 Å². The van der Waals surface area contributed by atoms with Crippen molar-refractivity contribution in [1.82, 2.24) is 5.16 Å². The summed E-state index contributed by atoms with van der Waals surface area (Å²) in [5, 5.41) is 6.58. The highest BCUT2D eigenvalue weighted by Gasteiger charge is 2.27. The maximum absolute atomic E-state index is 12.7. The molecule has 1 aromatic carbocycles. The van der Waals surface area contributed by atoms with Crippen molar-refractivity contribution in [1.29, 1.82) is 0 Å². The van der Waals surface area contributed by atoms with Gasteiger partial charge in [0.05, 0.1) is 12.5 Å². The molecule has 1 aliphatic rings. The Balaban J connectivity index is 1.36. The number of hydrogen-bond acceptors (Lipinski definition) is 6. The molecule has 2 amide bonds. The van der Waals surface area contributed by atoms with Crippen molar-refractivity contribution in [3.8, 4) is 11.5 Å². The van der Waals surface area contributed by atoms with Gasteiger partial charge >= 0.3 is 0 Å². The zero-order chi connectivity index (χ0) is 19.8. The minimum atomic E-state index is -0.423. The Labute approximate surface area is 164 Å². The lowest BCUT2D eigenvalue weighted by Gasteiger charge is -2.16. The number of furan rings is 2. The summed E-state index contributed by atoms with van der Waals surface area (Å²) in [6, 6.07) is 13.7. The third-order valence-corrected chi connectivity index (χ3v) is 4.72. The third kappa shape index (κ3) is 3.10. The number of aromatic nitrogens is 1. The van der Waals surface area contributed by atoms with Crippen LogP contribution in [0.3, 0.4) is 0 Å². The van der Waals surface area contributed by atoms with Gasteiger partial charge in [0.15, 0.2) is 17.2 Å². The maximum atomic E-state index is 12.7. The van der Waals surface area contributed by atoms with Crippen LogP contribution in [0, 0.1) is 0 Å². The van der Waals surface area contributed by atoms with E-state index in [1.165, 1.54) is 18.6 Å². The van der Waals surface area contributed by atoms with E-state index in [2.05, 4.69) is 10.5 Å². The number of carbonyl (C=O) groups excluding carboxylic acids is 2. The zero-order valence-electron chi connectivity index (χ0n) is 15.1. The van der Waals surface area contributed by atoms with Crippen molar-refractivity contribution in [2.75, 3.05) is 16.8 Å². The van der Waals surface area contributed by atoms with Gasteiger partial charge in [0.2, 0.25) is 5.76 Å². The second kappa shape index (κ2) is 6.83. The second-order valence-electron chi connectivity index (χ2n) is 6.54. The van der Waals surface area contributed by atoms with Gasteiger partial charge in [-0.1, -0.05) is 11.2 Å². The number of carbonyl (C=O) groups is 2. The van der Waals surface area contributed by atoms with Gasteiger partial charge in [0, 0.05) is 24.0 Å². The number of anilines is 2. The summed E-state index contributed by atoms with van der Waals surface area (Å²) in [4.78, 5) is 26.8. The van der Waals surface area contributed by atoms with Gasteiger partial charge in [0.1, 0.15) is 0 Å². The minimum Gasteiger partial charge on any atom is -0.461 e. The van der Waals surface area contributed by atoms with Gasteiger partial charge in [-0.2, -0.15) is 0 Å². The standard InChI is InChI=1S/C21H15N3O5/c25-20(15-12-19(29-23-15)17-3-1-9-27-17)22-14-6-5-13-7-8-24(16(13)11-14)21(26)18-4-2-10-28-18/h1-6,9-12H,7-8H2,(H,22,25). The van der Waals surface area contributed by atoms with Crippen LogP contribution in [0.1, 0.15) is 26.6 Å². The number of benzene rings is 1. The van der Waals surface area contributed by atoms with Gasteiger partial charge in [-0.3, -0.25) is 9.59 Å². The second-order valence-corrected chi connectivity index (χ2v) is 6.54. The molecule has 8 nitrogen and oxygen atoms in total. The average molecular weight is 389 g/mol. The monoisotopic (exact) mass is 389 g/mol. The summed E-state index contributed by atoms with van der Waals surface area (Å²) in [7, 11) is 0. The molecule has 8 heteroatoms. The zero-order valence-corrected chi connectivity index (χ0v) is 15.1. The number of amides is 2. The maximum Gasteiger partial charge on any atom is 0.293 e. The minimum absolute atomic E-state index is 0.125. The molecule has 0 spiro atoms. The van der Waals surface area contributed by atoms with Gasteiger partial charge < -0.3 is 23.6 Å². The molecule has 0 radical (unpaired) electrons. The fourth-order valence-corrected chi connectivity index (χ4v) is 3.31. The Morgan fingerprint density at radius 2 is 1.86 bits per heavy atom. The lowest BCUT2D eigenvalue weighted by atomic mass is 10.1. The molecule has 0 saturated carbocycles. The molecule has 4 heterocycles. The first-order valence-electron chi connectivity index (χ1n) is 8.99. The Morgan fingerprint density at radius 3 is 2.66 bits per heavy atom. The van der Waals surface area contributed by atoms with E-state index in [4.69, 9.17) is 13.4 Å². The fraction of sp³-hybridized carbons (Fsp3) is 0.0952. The number of hydrogen-bond donors (Lipinski definition) is 1. The molecule has 0 aliphatic carbocycles. The average Bonchev–Trinajstić information content (AvgIpc) is 3.54. The first-order chi connectivity index (χ1) is 14.2. The quantitative estimate of drug-likeness (QED) is 0.566. The first-order valence-corrected chi connectivity index (χ1v) is 8.99. The Kier molecular flexibility index (Phi) is 4.02. The molecule has 4 aromatic rings. The van der Waals surface area contributed by atoms with Crippen LogP contribution in [0.4, 0.5) is 11.4 Å². The van der Waals surface area contributed by atoms with Crippen LogP contribution in [0.2, 0.25) is 0 Å². The Hall–Kier alpha value is -4.07. The Morgan fingerprint density at radius 1 is 1.00 bits per heavy atom. The lowest BCUT2D eigenvalue weighted by Crippen LogP contribution is -2.28. The van der Waals surface area contributed by atoms with E-state index < -0.39 is 5.91 Å². The SMILES string of the molecule is O=C(Nc1ccc2c(c1)N(C(=O)c1ccco1)CC2)c1cc(-c2ccco2)on1. The summed E-state index contributed by atoms with van der Waals surface area (Å²) >= 11 is 0. The molecule has 144 valence electrons. The van der Waals surface area contributed by atoms with Crippen molar-refractivity contribution in [3.63, 3.8) is 0 Å². The fourth-order valence-electron chi connectivity index (χ4n) is 3.31. The lowest BCUT2D eigenvalue weighted by molar-refractivity contribution is 0.0962. The largest absolute Gasteiger partial charge is 0.461 e. The normalized spacial score (nSPS) is 12.8. The topological polar surface area (TPSA) is 102 Å². The molecule has 0 unspecified atom stereocenters. The summed E-state index contributed by atoms with van der Waals surface area (Å²) in [6.07, 6.45) is 3.72. The smallest absolute Gasteiger partial charge is 0.293 e. The summed E-state index contributed by atoms with van der Waals surface area (Å²) in [5.41, 5.74) is 2.46. The van der Waals surface area contributed by atoms with Gasteiger partial charge in [-0.05, 0) is 48.4 Å². The van der Waals surface area contributed by atoms with E-state index in [9.17, 15) is 9.59 Å². The van der Waals surface area contributed by atoms with Crippen LogP contribution >= 0.6 is 0 Å². The van der Waals surface area contributed by atoms with Crippen molar-refractivity contribution in [3.05, 3.63) is 78.1 Å². The third-order valence-electron chi connectivity index (χ3n) is 4.72. The molecular weight excluding hydrogens is 374 g/mol. The van der Waals surface area contributed by atoms with E-state index in [1.54, 1.807) is 41.3 Å². The molecule has 0 fully saturated rings. The van der Waals surface area contributed by atoms with E-state index in [0.717, 1.165) is 17.7 Å². The van der Waals surface area contributed by atoms with Gasteiger partial charge in [-0.15, -0.1) is 0 Å². The highest BCUT2D eigenvalue weighted by atomic mass is 16.5. The van der Waals surface area contributed by atoms with Crippen LogP contribution in [0.5, 0.6) is 0 Å². The summed E-state index contributed by atoms with van der Waals surface area (Å²) in [5.74, 6) is 0.496. The Bertz CT molecular complexity index is 1180. The summed E-state index contributed by atoms with van der Waals surface area (Å²) in [6.45, 7) is 0.558. The van der Waals surface area contributed by atoms with Crippen molar-refractivity contribution in [2.45, 2.75) is 6.42 Å². The molecule has 0 bridgehead atoms. The van der Waals surface area contributed by atoms with Gasteiger partial charge in [-0.25, -0.2) is 0 Å². The molecule has 1 aliphatic heterocycles. The van der Waals surface area contributed by atoms with Crippen LogP contribution in [-0.4, -0.2) is 23.5 Å². The molecule has 1 N–H and O–H groups in total. The van der Waals surface area contributed by atoms with Crippen molar-refractivity contribution < 1.29 is 22.9 Å². The summed E-state index contributed by atoms with van der Waals surface area (Å²) < 4.78 is 15.6. The highest BCUT2D eigenvalue weighted by Crippen LogP contribution is 2.32. The molecule has 0 atom stereocenters. The molecule has 5 rings (SSSR count). The highest BCUT2D eigenvalue weighted by molar-refractivity contribution is 6.07. The van der Waals surface area contributed by atoms with Crippen molar-refractivity contribution >= 4 is 23.2 Å². The molecular formula is C21H15N3O5. The van der Waals surface area contributed by atoms with E-state index in [-0.39, 0.29) is 17.4 Å². The number of rotatable bonds is 4. The molecule has 3 aromatic heterocycles. The predicted molar refractivity (Wildman–Crippen MR) is 103 cm³/mol. The molecule has 0 saturated heterocycles. The van der Waals surface area contributed by atoms with E-state index in [0.29, 0.717) is 23.8 Å². The van der Waals surface area contributed by atoms with Gasteiger partial charge in [0.25, 0.3) is 11.8 Å². The van der Waals surface area contributed by atoms with Crippen LogP contribution in [0.25, 0.3) is 11.5 Å². The predicted octanol–water partition coefficient (Wildman–Crippen LogP) is 3.98. The van der Waals surface area contributed by atoms with Crippen molar-refractivity contribution in [2.24, 2.45) is 0 Å². The van der Waals surface area contributed by atoms with E-state index >= 15 is 0 Å². The van der Waals surface area contributed by atoms with Crippen LogP contribution < -0.4 is 10.2 Å². The number of fused-ring (bicyclic) bond motifs is 1. The van der Waals surface area contributed by atoms with Crippen LogP contribution in [-0.2, 0) is 6.42 Å². The molecule has 29 heavy (non-hydrogen) atoms. The number of nitrogens with zero attached hydrogens (tertiary/aromatic N) is 2. The first kappa shape index (κ1) is 17.1. The van der Waals surface area contributed by atoms with Crippen LogP contribution in [0.15, 0.2) is 74.4 Å².